The number of halogens is 1. The Bertz CT molecular complexity index is 543. The third-order valence-electron chi connectivity index (χ3n) is 2.90. The number of nitrogens with one attached hydrogen (secondary N) is 1. The lowest BCUT2D eigenvalue weighted by Crippen LogP contribution is -2.39. The zero-order valence-corrected chi connectivity index (χ0v) is 13.2. The molecule has 0 aliphatic heterocycles. The summed E-state index contributed by atoms with van der Waals surface area (Å²) >= 11 is 5.64. The predicted molar refractivity (Wildman–Crippen MR) is 79.4 cm³/mol. The Morgan fingerprint density at radius 1 is 1.30 bits per heavy atom. The Balaban J connectivity index is 2.98. The first-order valence-corrected chi connectivity index (χ1v) is 8.28. The van der Waals surface area contributed by atoms with Crippen LogP contribution in [-0.4, -0.2) is 44.6 Å². The molecule has 1 aromatic rings. The number of hydrogen-bond acceptors (Lipinski definition) is 3. The van der Waals surface area contributed by atoms with Gasteiger partial charge in [-0.15, -0.1) is 11.6 Å². The van der Waals surface area contributed by atoms with Gasteiger partial charge in [-0.2, -0.15) is 4.31 Å². The fourth-order valence-electron chi connectivity index (χ4n) is 1.69. The maximum Gasteiger partial charge on any atom is 0.243 e. The van der Waals surface area contributed by atoms with Crippen molar-refractivity contribution in [3.05, 3.63) is 29.8 Å². The fourth-order valence-corrected chi connectivity index (χ4v) is 3.32. The van der Waals surface area contributed by atoms with Gasteiger partial charge in [0.05, 0.1) is 11.4 Å². The lowest BCUT2D eigenvalue weighted by Gasteiger charge is -2.19. The normalized spacial score (nSPS) is 11.6. The van der Waals surface area contributed by atoms with Crippen LogP contribution < -0.4 is 5.32 Å². The average molecular weight is 319 g/mol. The number of carbonyl (C=O) groups excluding carboxylic acids is 1. The van der Waals surface area contributed by atoms with E-state index in [2.05, 4.69) is 5.32 Å². The van der Waals surface area contributed by atoms with Gasteiger partial charge in [0.25, 0.3) is 0 Å². The average Bonchev–Trinajstić information content (AvgIpc) is 2.45. The second kappa shape index (κ2) is 7.61. The molecule has 7 heteroatoms. The maximum atomic E-state index is 12.4. The predicted octanol–water partition coefficient (Wildman–Crippen LogP) is 1.22. The van der Waals surface area contributed by atoms with Gasteiger partial charge in [-0.3, -0.25) is 4.79 Å². The maximum absolute atomic E-state index is 12.4. The van der Waals surface area contributed by atoms with E-state index in [0.717, 1.165) is 9.87 Å². The quantitative estimate of drug-likeness (QED) is 0.769. The van der Waals surface area contributed by atoms with Crippen molar-refractivity contribution in [1.29, 1.82) is 0 Å². The van der Waals surface area contributed by atoms with Crippen molar-refractivity contribution >= 4 is 27.5 Å². The van der Waals surface area contributed by atoms with E-state index in [9.17, 15) is 13.2 Å². The lowest BCUT2D eigenvalue weighted by atomic mass is 10.2. The Morgan fingerprint density at radius 3 is 2.35 bits per heavy atom. The minimum Gasteiger partial charge on any atom is -0.358 e. The number of rotatable bonds is 7. The van der Waals surface area contributed by atoms with E-state index in [0.29, 0.717) is 12.3 Å². The van der Waals surface area contributed by atoms with E-state index in [1.165, 1.54) is 7.05 Å². The second-order valence-electron chi connectivity index (χ2n) is 4.19. The van der Waals surface area contributed by atoms with Crippen molar-refractivity contribution in [3.63, 3.8) is 0 Å². The summed E-state index contributed by atoms with van der Waals surface area (Å²) in [7, 11) is -2.17. The molecular weight excluding hydrogens is 300 g/mol. The zero-order valence-electron chi connectivity index (χ0n) is 11.6. The summed E-state index contributed by atoms with van der Waals surface area (Å²) in [6.07, 6.45) is 0.692. The van der Waals surface area contributed by atoms with Crippen LogP contribution in [-0.2, 0) is 21.2 Å². The largest absolute Gasteiger partial charge is 0.358 e. The topological polar surface area (TPSA) is 66.5 Å². The summed E-state index contributed by atoms with van der Waals surface area (Å²) in [6.45, 7) is 1.75. The highest BCUT2D eigenvalue weighted by Gasteiger charge is 2.24. The monoisotopic (exact) mass is 318 g/mol. The van der Waals surface area contributed by atoms with Crippen LogP contribution in [0.15, 0.2) is 29.2 Å². The van der Waals surface area contributed by atoms with E-state index < -0.39 is 10.0 Å². The summed E-state index contributed by atoms with van der Waals surface area (Å²) in [5.74, 6) is 0.151. The third-order valence-corrected chi connectivity index (χ3v) is 5.02. The van der Waals surface area contributed by atoms with Crippen LogP contribution >= 0.6 is 11.6 Å². The first-order valence-electron chi connectivity index (χ1n) is 6.31. The first kappa shape index (κ1) is 16.9. The summed E-state index contributed by atoms with van der Waals surface area (Å²) < 4.78 is 25.9. The number of benzene rings is 1. The molecule has 0 saturated carbocycles. The van der Waals surface area contributed by atoms with Crippen molar-refractivity contribution < 1.29 is 13.2 Å². The van der Waals surface area contributed by atoms with Crippen LogP contribution in [0, 0.1) is 0 Å². The molecule has 0 aliphatic carbocycles. The van der Waals surface area contributed by atoms with E-state index >= 15 is 0 Å². The van der Waals surface area contributed by atoms with Crippen molar-refractivity contribution in [1.82, 2.24) is 9.62 Å². The molecule has 1 rings (SSSR count). The Kier molecular flexibility index (Phi) is 6.45. The number of nitrogens with zero attached hydrogens (tertiary/aromatic N) is 1. The van der Waals surface area contributed by atoms with Gasteiger partial charge >= 0.3 is 0 Å². The van der Waals surface area contributed by atoms with Crippen molar-refractivity contribution in [3.8, 4) is 0 Å². The van der Waals surface area contributed by atoms with Gasteiger partial charge in [-0.25, -0.2) is 8.42 Å². The molecule has 20 heavy (non-hydrogen) atoms. The van der Waals surface area contributed by atoms with Crippen LogP contribution in [0.1, 0.15) is 12.5 Å². The smallest absolute Gasteiger partial charge is 0.243 e. The molecule has 1 aromatic carbocycles. The fraction of sp³-hybridized carbons (Fsp3) is 0.462. The highest BCUT2D eigenvalue weighted by Crippen LogP contribution is 2.16. The molecule has 0 radical (unpaired) electrons. The molecule has 1 amide bonds. The molecule has 0 heterocycles. The molecule has 0 bridgehead atoms. The number of carbonyl (C=O) groups is 1. The molecule has 0 aliphatic rings. The Hall–Kier alpha value is -1.11. The number of aryl methyl sites for hydroxylation is 1. The highest BCUT2D eigenvalue weighted by atomic mass is 35.5. The van der Waals surface area contributed by atoms with Crippen LogP contribution in [0.2, 0.25) is 0 Å². The second-order valence-corrected chi connectivity index (χ2v) is 6.50. The van der Waals surface area contributed by atoms with Crippen molar-refractivity contribution in [2.45, 2.75) is 18.2 Å². The minimum atomic E-state index is -3.65. The molecule has 0 unspecified atom stereocenters. The van der Waals surface area contributed by atoms with Crippen LogP contribution in [0.4, 0.5) is 0 Å². The van der Waals surface area contributed by atoms with Crippen LogP contribution in [0.3, 0.4) is 0 Å². The molecule has 1 N–H and O–H groups in total. The van der Waals surface area contributed by atoms with Gasteiger partial charge in [0.2, 0.25) is 15.9 Å². The van der Waals surface area contributed by atoms with E-state index in [4.69, 9.17) is 11.6 Å². The highest BCUT2D eigenvalue weighted by molar-refractivity contribution is 7.89. The van der Waals surface area contributed by atoms with E-state index in [1.54, 1.807) is 31.2 Å². The minimum absolute atomic E-state index is 0.182. The number of hydrogen-bond donors (Lipinski definition) is 1. The summed E-state index contributed by atoms with van der Waals surface area (Å²) in [6, 6.07) is 6.57. The van der Waals surface area contributed by atoms with Crippen LogP contribution in [0.5, 0.6) is 0 Å². The molecule has 0 spiro atoms. The van der Waals surface area contributed by atoms with Gasteiger partial charge in [0, 0.05) is 19.5 Å². The number of sulfonamides is 1. The SMILES string of the molecule is CCN(CC(=O)NC)S(=O)(=O)c1ccc(CCCl)cc1. The Labute approximate surface area is 125 Å². The first-order chi connectivity index (χ1) is 9.45. The van der Waals surface area contributed by atoms with Gasteiger partial charge in [0.15, 0.2) is 0 Å². The summed E-state index contributed by atoms with van der Waals surface area (Å²) in [5.41, 5.74) is 0.980. The van der Waals surface area contributed by atoms with E-state index in [1.807, 2.05) is 0 Å². The van der Waals surface area contributed by atoms with E-state index in [-0.39, 0.29) is 23.9 Å². The molecule has 0 fully saturated rings. The lowest BCUT2D eigenvalue weighted by molar-refractivity contribution is -0.120. The molecule has 0 atom stereocenters. The zero-order chi connectivity index (χ0) is 15.2. The molecule has 112 valence electrons. The third kappa shape index (κ3) is 4.19. The molecular formula is C13H19ClN2O3S. The van der Waals surface area contributed by atoms with Crippen LogP contribution in [0.25, 0.3) is 0 Å². The van der Waals surface area contributed by atoms with Gasteiger partial charge < -0.3 is 5.32 Å². The van der Waals surface area contributed by atoms with Gasteiger partial charge in [0.1, 0.15) is 0 Å². The Morgan fingerprint density at radius 2 is 1.90 bits per heavy atom. The summed E-state index contributed by atoms with van der Waals surface area (Å²) in [4.78, 5) is 11.5. The molecule has 5 nitrogen and oxygen atoms in total. The van der Waals surface area contributed by atoms with Crippen molar-refractivity contribution in [2.75, 3.05) is 26.0 Å². The standard InChI is InChI=1S/C13H19ClN2O3S/c1-3-16(10-13(17)15-2)20(18,19)12-6-4-11(5-7-12)8-9-14/h4-7H,3,8-10H2,1-2H3,(H,15,17). The number of likely N-dealkylation sites (N-methyl/N-ethyl adjacent to an activating group) is 2. The number of amides is 1. The van der Waals surface area contributed by atoms with Crippen molar-refractivity contribution in [2.24, 2.45) is 0 Å². The summed E-state index contributed by atoms with van der Waals surface area (Å²) in [5, 5.41) is 2.42. The van der Waals surface area contributed by atoms with Gasteiger partial charge in [-0.1, -0.05) is 19.1 Å². The van der Waals surface area contributed by atoms with Gasteiger partial charge in [-0.05, 0) is 24.1 Å². The molecule has 0 saturated heterocycles. The molecule has 0 aromatic heterocycles. The number of alkyl halides is 1.